The first-order chi connectivity index (χ1) is 11.5. The van der Waals surface area contributed by atoms with Crippen molar-refractivity contribution in [1.29, 1.82) is 0 Å². The number of amides is 1. The summed E-state index contributed by atoms with van der Waals surface area (Å²) in [4.78, 5) is 21.4. The SMILES string of the molecule is CCC(CCCCl)(C(=O)N1N=CCC1c1cnc(C)cn1)C(F)F. The van der Waals surface area contributed by atoms with Crippen LogP contribution in [-0.4, -0.2) is 39.4 Å². The zero-order chi connectivity index (χ0) is 17.7. The maximum Gasteiger partial charge on any atom is 0.255 e. The Morgan fingerprint density at radius 3 is 2.75 bits per heavy atom. The van der Waals surface area contributed by atoms with Crippen molar-refractivity contribution in [2.45, 2.75) is 52.0 Å². The summed E-state index contributed by atoms with van der Waals surface area (Å²) in [6.07, 6.45) is 2.75. The Kier molecular flexibility index (Phi) is 6.21. The van der Waals surface area contributed by atoms with E-state index < -0.39 is 23.8 Å². The Balaban J connectivity index is 2.30. The smallest absolute Gasteiger partial charge is 0.255 e. The molecule has 24 heavy (non-hydrogen) atoms. The van der Waals surface area contributed by atoms with Gasteiger partial charge in [-0.1, -0.05) is 6.92 Å². The molecule has 5 nitrogen and oxygen atoms in total. The van der Waals surface area contributed by atoms with Crippen LogP contribution in [0.15, 0.2) is 17.5 Å². The molecule has 0 aliphatic carbocycles. The minimum Gasteiger partial charge on any atom is -0.272 e. The lowest BCUT2D eigenvalue weighted by Gasteiger charge is -2.35. The van der Waals surface area contributed by atoms with Crippen LogP contribution in [0.4, 0.5) is 8.78 Å². The van der Waals surface area contributed by atoms with Gasteiger partial charge in [0, 0.05) is 24.7 Å². The predicted molar refractivity (Wildman–Crippen MR) is 88.1 cm³/mol. The first kappa shape index (κ1) is 18.7. The van der Waals surface area contributed by atoms with E-state index in [-0.39, 0.29) is 18.7 Å². The van der Waals surface area contributed by atoms with Gasteiger partial charge >= 0.3 is 0 Å². The molecule has 2 unspecified atom stereocenters. The molecule has 1 amide bonds. The number of carbonyl (C=O) groups excluding carboxylic acids is 1. The fraction of sp³-hybridized carbons (Fsp3) is 0.625. The molecule has 1 aromatic heterocycles. The molecule has 0 saturated heterocycles. The van der Waals surface area contributed by atoms with Crippen molar-refractivity contribution in [3.05, 3.63) is 23.8 Å². The summed E-state index contributed by atoms with van der Waals surface area (Å²) >= 11 is 5.66. The number of aryl methyl sites for hydroxylation is 1. The Hall–Kier alpha value is -1.63. The monoisotopic (exact) mass is 358 g/mol. The van der Waals surface area contributed by atoms with E-state index in [1.54, 1.807) is 32.5 Å². The number of rotatable bonds is 7. The molecule has 0 aromatic carbocycles. The van der Waals surface area contributed by atoms with Gasteiger partial charge in [-0.05, 0) is 26.2 Å². The highest BCUT2D eigenvalue weighted by molar-refractivity contribution is 6.17. The highest BCUT2D eigenvalue weighted by Gasteiger charge is 2.49. The van der Waals surface area contributed by atoms with E-state index in [0.717, 1.165) is 10.7 Å². The molecule has 1 aliphatic rings. The Bertz CT molecular complexity index is 596. The molecule has 1 aliphatic heterocycles. The van der Waals surface area contributed by atoms with Crippen LogP contribution in [0.25, 0.3) is 0 Å². The lowest BCUT2D eigenvalue weighted by Crippen LogP contribution is -2.46. The van der Waals surface area contributed by atoms with Gasteiger partial charge in [0.15, 0.2) is 0 Å². The van der Waals surface area contributed by atoms with E-state index in [4.69, 9.17) is 11.6 Å². The molecule has 8 heteroatoms. The summed E-state index contributed by atoms with van der Waals surface area (Å²) in [6, 6.07) is -0.494. The lowest BCUT2D eigenvalue weighted by molar-refractivity contribution is -0.156. The van der Waals surface area contributed by atoms with Gasteiger partial charge in [-0.15, -0.1) is 11.6 Å². The quantitative estimate of drug-likeness (QED) is 0.698. The number of aromatic nitrogens is 2. The molecule has 0 spiro atoms. The summed E-state index contributed by atoms with van der Waals surface area (Å²) < 4.78 is 27.6. The van der Waals surface area contributed by atoms with E-state index in [1.807, 2.05) is 0 Å². The minimum atomic E-state index is -2.78. The molecular weight excluding hydrogens is 338 g/mol. The standard InChI is InChI=1S/C16H21ClF2N4O/c1-3-16(14(18)19,6-4-7-17)15(24)23-13(5-8-22-23)12-10-20-11(2)9-21-12/h8-10,13-14H,3-7H2,1-2H3. The normalized spacial score (nSPS) is 19.8. The lowest BCUT2D eigenvalue weighted by atomic mass is 9.79. The van der Waals surface area contributed by atoms with E-state index in [9.17, 15) is 13.6 Å². The van der Waals surface area contributed by atoms with Crippen LogP contribution in [0.3, 0.4) is 0 Å². The fourth-order valence-electron chi connectivity index (χ4n) is 2.83. The molecular formula is C16H21ClF2N4O. The Labute approximate surface area is 145 Å². The second-order valence-corrected chi connectivity index (χ2v) is 6.26. The van der Waals surface area contributed by atoms with Crippen molar-refractivity contribution in [2.75, 3.05) is 5.88 Å². The number of nitrogens with zero attached hydrogens (tertiary/aromatic N) is 4. The highest BCUT2D eigenvalue weighted by Crippen LogP contribution is 2.41. The summed E-state index contributed by atoms with van der Waals surface area (Å²) in [5.41, 5.74) is -0.483. The molecule has 0 N–H and O–H groups in total. The van der Waals surface area contributed by atoms with Gasteiger partial charge in [0.2, 0.25) is 0 Å². The molecule has 0 saturated carbocycles. The zero-order valence-corrected chi connectivity index (χ0v) is 14.5. The average Bonchev–Trinajstić information content (AvgIpc) is 3.05. The highest BCUT2D eigenvalue weighted by atomic mass is 35.5. The largest absolute Gasteiger partial charge is 0.272 e. The van der Waals surface area contributed by atoms with Crippen molar-refractivity contribution in [2.24, 2.45) is 10.5 Å². The van der Waals surface area contributed by atoms with Gasteiger partial charge in [0.1, 0.15) is 11.5 Å². The van der Waals surface area contributed by atoms with Crippen LogP contribution in [0.1, 0.15) is 50.0 Å². The minimum absolute atomic E-state index is 0.0265. The van der Waals surface area contributed by atoms with Gasteiger partial charge in [-0.2, -0.15) is 5.10 Å². The number of alkyl halides is 3. The van der Waals surface area contributed by atoms with E-state index in [2.05, 4.69) is 15.1 Å². The molecule has 2 rings (SSSR count). The van der Waals surface area contributed by atoms with Crippen molar-refractivity contribution >= 4 is 23.7 Å². The number of hydrogen-bond donors (Lipinski definition) is 0. The van der Waals surface area contributed by atoms with Crippen LogP contribution >= 0.6 is 11.6 Å². The maximum absolute atomic E-state index is 13.8. The van der Waals surface area contributed by atoms with Crippen molar-refractivity contribution < 1.29 is 13.6 Å². The van der Waals surface area contributed by atoms with E-state index in [1.165, 1.54) is 0 Å². The topological polar surface area (TPSA) is 58.5 Å². The third-order valence-electron chi connectivity index (χ3n) is 4.41. The van der Waals surface area contributed by atoms with E-state index in [0.29, 0.717) is 18.5 Å². The molecule has 2 heterocycles. The molecule has 0 bridgehead atoms. The van der Waals surface area contributed by atoms with Gasteiger partial charge in [0.25, 0.3) is 12.3 Å². The number of hydrogen-bond acceptors (Lipinski definition) is 4. The van der Waals surface area contributed by atoms with Crippen molar-refractivity contribution in [3.63, 3.8) is 0 Å². The van der Waals surface area contributed by atoms with Crippen molar-refractivity contribution in [3.8, 4) is 0 Å². The second kappa shape index (κ2) is 7.96. The first-order valence-electron chi connectivity index (χ1n) is 7.95. The summed E-state index contributed by atoms with van der Waals surface area (Å²) in [5.74, 6) is -0.441. The van der Waals surface area contributed by atoms with Gasteiger partial charge < -0.3 is 0 Å². The van der Waals surface area contributed by atoms with Gasteiger partial charge in [-0.3, -0.25) is 14.8 Å². The Morgan fingerprint density at radius 1 is 1.46 bits per heavy atom. The maximum atomic E-state index is 13.8. The molecule has 1 aromatic rings. The summed E-state index contributed by atoms with van der Waals surface area (Å²) in [5, 5.41) is 5.19. The Morgan fingerprint density at radius 2 is 2.21 bits per heavy atom. The molecule has 0 radical (unpaired) electrons. The molecule has 132 valence electrons. The van der Waals surface area contributed by atoms with Gasteiger partial charge in [-0.25, -0.2) is 13.8 Å². The third-order valence-corrected chi connectivity index (χ3v) is 4.68. The fourth-order valence-corrected chi connectivity index (χ4v) is 2.97. The van der Waals surface area contributed by atoms with Crippen LogP contribution in [0.5, 0.6) is 0 Å². The number of carbonyl (C=O) groups is 1. The average molecular weight is 359 g/mol. The summed E-state index contributed by atoms with van der Waals surface area (Å²) in [7, 11) is 0. The van der Waals surface area contributed by atoms with Crippen LogP contribution < -0.4 is 0 Å². The number of hydrazone groups is 1. The van der Waals surface area contributed by atoms with Crippen LogP contribution in [0, 0.1) is 12.3 Å². The molecule has 0 fully saturated rings. The van der Waals surface area contributed by atoms with Crippen LogP contribution in [-0.2, 0) is 4.79 Å². The number of halogens is 3. The summed E-state index contributed by atoms with van der Waals surface area (Å²) in [6.45, 7) is 3.40. The van der Waals surface area contributed by atoms with Crippen molar-refractivity contribution in [1.82, 2.24) is 15.0 Å². The predicted octanol–water partition coefficient (Wildman–Crippen LogP) is 3.72. The van der Waals surface area contributed by atoms with E-state index >= 15 is 0 Å². The molecule has 2 atom stereocenters. The first-order valence-corrected chi connectivity index (χ1v) is 8.48. The third kappa shape index (κ3) is 3.55. The van der Waals surface area contributed by atoms with Crippen LogP contribution in [0.2, 0.25) is 0 Å². The van der Waals surface area contributed by atoms with Gasteiger partial charge in [0.05, 0.1) is 17.6 Å². The second-order valence-electron chi connectivity index (χ2n) is 5.88. The zero-order valence-electron chi connectivity index (χ0n) is 13.8.